The van der Waals surface area contributed by atoms with Gasteiger partial charge in [0.15, 0.2) is 0 Å². The lowest BCUT2D eigenvalue weighted by Gasteiger charge is -2.04. The molecule has 2 atom stereocenters. The van der Waals surface area contributed by atoms with Gasteiger partial charge in [-0.1, -0.05) is 0 Å². The Morgan fingerprint density at radius 3 is 1.12 bits per heavy atom. The first-order valence-electron chi connectivity index (χ1n) is 17.1. The average molecular weight is 830 g/mol. The molecule has 1 saturated carbocycles. The summed E-state index contributed by atoms with van der Waals surface area (Å²) in [5.41, 5.74) is 13.2. The number of amides is 6. The molecule has 5 rings (SSSR count). The molecule has 0 saturated heterocycles. The lowest BCUT2D eigenvalue weighted by atomic mass is 10.2. The third kappa shape index (κ3) is 11.3. The highest BCUT2D eigenvalue weighted by Crippen LogP contribution is 2.40. The molecule has 20 nitrogen and oxygen atoms in total. The Morgan fingerprint density at radius 2 is 0.825 bits per heavy atom. The lowest BCUT2D eigenvalue weighted by molar-refractivity contribution is -0.122. The molecule has 57 heavy (non-hydrogen) atoms. The van der Waals surface area contributed by atoms with Crippen LogP contribution in [0.15, 0.2) is 49.1 Å². The van der Waals surface area contributed by atoms with E-state index in [0.717, 1.165) is 0 Å². The van der Waals surface area contributed by atoms with Gasteiger partial charge >= 0.3 is 0 Å². The van der Waals surface area contributed by atoms with Crippen LogP contribution in [0.4, 0.5) is 22.7 Å². The standard InChI is InChI=1S/C35H44N14O6.2ClH/c1-46-16-20(9-24(46)32(52)40-7-5-28(36)37)44-34(54)26-11-18(14-48(26)3)42-30(50)22-13-23(22)31(51)43-19-12-27(49(4)15-19)35(55)45-21-10-25(47(2)17-21)33(53)41-8-6-29(38)39;;/h9-12,14-17,22-23H,5-8,13H2,1-4H3,(H3,36,37)(H3,38,39)(H,40,52)(H,41,53)(H,42,50)(H,43,51)(H,44,54)(H,45,55);2*1H/t22-,23-;;/m0../s1. The normalized spacial score (nSPS) is 13.9. The Balaban J connectivity index is 0.00000435. The van der Waals surface area contributed by atoms with Crippen LogP contribution in [-0.2, 0) is 37.8 Å². The van der Waals surface area contributed by atoms with Gasteiger partial charge in [-0.15, -0.1) is 24.8 Å². The zero-order valence-electron chi connectivity index (χ0n) is 31.5. The predicted octanol–water partition coefficient (Wildman–Crippen LogP) is 1.71. The van der Waals surface area contributed by atoms with Gasteiger partial charge < -0.3 is 61.6 Å². The van der Waals surface area contributed by atoms with E-state index in [9.17, 15) is 28.8 Å². The summed E-state index contributed by atoms with van der Waals surface area (Å²) < 4.78 is 6.18. The van der Waals surface area contributed by atoms with Crippen molar-refractivity contribution in [3.05, 3.63) is 71.8 Å². The van der Waals surface area contributed by atoms with Gasteiger partial charge in [0, 0.05) is 78.9 Å². The van der Waals surface area contributed by atoms with Crippen LogP contribution < -0.4 is 43.4 Å². The van der Waals surface area contributed by atoms with E-state index < -0.39 is 23.7 Å². The summed E-state index contributed by atoms with van der Waals surface area (Å²) in [5, 5.41) is 30.9. The van der Waals surface area contributed by atoms with Gasteiger partial charge in [0.2, 0.25) is 11.8 Å². The molecule has 0 spiro atoms. The number of nitrogens with one attached hydrogen (secondary N) is 8. The van der Waals surface area contributed by atoms with Gasteiger partial charge in [-0.3, -0.25) is 39.6 Å². The highest BCUT2D eigenvalue weighted by molar-refractivity contribution is 6.08. The van der Waals surface area contributed by atoms with Crippen molar-refractivity contribution >= 4 is 94.7 Å². The summed E-state index contributed by atoms with van der Waals surface area (Å²) in [7, 11) is 6.59. The molecule has 0 aromatic carbocycles. The maximum absolute atomic E-state index is 13.1. The third-order valence-corrected chi connectivity index (χ3v) is 8.82. The van der Waals surface area contributed by atoms with Crippen LogP contribution in [0.1, 0.15) is 61.2 Å². The van der Waals surface area contributed by atoms with Crippen molar-refractivity contribution in [2.24, 2.45) is 51.5 Å². The fourth-order valence-corrected chi connectivity index (χ4v) is 5.87. The molecule has 0 bridgehead atoms. The number of nitrogens with zero attached hydrogens (tertiary/aromatic N) is 4. The fourth-order valence-electron chi connectivity index (χ4n) is 5.87. The lowest BCUT2D eigenvalue weighted by Crippen LogP contribution is -2.28. The Labute approximate surface area is 339 Å². The zero-order chi connectivity index (χ0) is 40.1. The number of halogens is 2. The van der Waals surface area contributed by atoms with Crippen molar-refractivity contribution in [1.29, 1.82) is 10.8 Å². The number of hydrogen-bond acceptors (Lipinski definition) is 8. The van der Waals surface area contributed by atoms with E-state index in [-0.39, 0.29) is 97.4 Å². The first-order chi connectivity index (χ1) is 26.0. The van der Waals surface area contributed by atoms with Crippen molar-refractivity contribution in [1.82, 2.24) is 28.9 Å². The number of carbonyl (C=O) groups is 6. The van der Waals surface area contributed by atoms with Crippen molar-refractivity contribution in [2.45, 2.75) is 19.3 Å². The van der Waals surface area contributed by atoms with E-state index in [2.05, 4.69) is 31.9 Å². The van der Waals surface area contributed by atoms with Crippen LogP contribution in [0, 0.1) is 22.7 Å². The molecule has 12 N–H and O–H groups in total. The quantitative estimate of drug-likeness (QED) is 0.0585. The molecule has 22 heteroatoms. The van der Waals surface area contributed by atoms with Crippen LogP contribution >= 0.6 is 24.8 Å². The van der Waals surface area contributed by atoms with Crippen LogP contribution in [0.2, 0.25) is 0 Å². The number of carbonyl (C=O) groups excluding carboxylic acids is 6. The number of amidine groups is 2. The van der Waals surface area contributed by atoms with E-state index in [0.29, 0.717) is 40.6 Å². The van der Waals surface area contributed by atoms with Crippen molar-refractivity contribution < 1.29 is 28.8 Å². The minimum atomic E-state index is -0.597. The fraction of sp³-hybridized carbons (Fsp3) is 0.314. The molecule has 306 valence electrons. The molecule has 4 aromatic rings. The van der Waals surface area contributed by atoms with Gasteiger partial charge in [-0.05, 0) is 30.7 Å². The zero-order valence-corrected chi connectivity index (χ0v) is 33.2. The van der Waals surface area contributed by atoms with E-state index in [1.54, 1.807) is 62.1 Å². The molecule has 4 heterocycles. The minimum absolute atomic E-state index is 0. The van der Waals surface area contributed by atoms with Crippen molar-refractivity contribution in [3.63, 3.8) is 0 Å². The smallest absolute Gasteiger partial charge is 0.272 e. The predicted molar refractivity (Wildman–Crippen MR) is 219 cm³/mol. The van der Waals surface area contributed by atoms with Crippen LogP contribution in [0.3, 0.4) is 0 Å². The Kier molecular flexibility index (Phi) is 14.8. The SMILES string of the molecule is Cl.Cl.Cn1cc(NC(=O)c2cc(NC(=O)[C@H]3C[C@@H]3C(=O)Nc3cc(C(=O)Nc4cc(C(=O)NCCC(=N)N)n(C)c4)n(C)c3)cn2C)cc1C(=O)NCCC(=N)N. The van der Waals surface area contributed by atoms with Crippen LogP contribution in [0.25, 0.3) is 0 Å². The maximum Gasteiger partial charge on any atom is 0.272 e. The van der Waals surface area contributed by atoms with E-state index in [4.69, 9.17) is 22.3 Å². The molecule has 1 aliphatic carbocycles. The minimum Gasteiger partial charge on any atom is -0.388 e. The molecule has 1 aliphatic rings. The molecular weight excluding hydrogens is 783 g/mol. The Morgan fingerprint density at radius 1 is 0.544 bits per heavy atom. The summed E-state index contributed by atoms with van der Waals surface area (Å²) >= 11 is 0. The summed E-state index contributed by atoms with van der Waals surface area (Å²) in [5.74, 6) is -3.78. The third-order valence-electron chi connectivity index (χ3n) is 8.82. The highest BCUT2D eigenvalue weighted by atomic mass is 35.5. The number of aryl methyl sites for hydroxylation is 4. The molecule has 4 aromatic heterocycles. The van der Waals surface area contributed by atoms with Crippen LogP contribution in [0.5, 0.6) is 0 Å². The van der Waals surface area contributed by atoms with E-state index in [1.807, 2.05) is 0 Å². The monoisotopic (exact) mass is 828 g/mol. The summed E-state index contributed by atoms with van der Waals surface area (Å²) in [6.07, 6.45) is 7.05. The number of rotatable bonds is 16. The largest absolute Gasteiger partial charge is 0.388 e. The number of nitrogens with two attached hydrogens (primary N) is 2. The first kappa shape index (κ1) is 44.9. The second-order valence-electron chi connectivity index (χ2n) is 13.3. The molecule has 0 unspecified atom stereocenters. The average Bonchev–Trinajstić information content (AvgIpc) is 3.24. The van der Waals surface area contributed by atoms with Crippen molar-refractivity contribution in [3.8, 4) is 0 Å². The molecule has 0 aliphatic heterocycles. The van der Waals surface area contributed by atoms with Crippen molar-refractivity contribution in [2.75, 3.05) is 34.4 Å². The maximum atomic E-state index is 13.1. The second kappa shape index (κ2) is 18.9. The van der Waals surface area contributed by atoms with Crippen LogP contribution in [-0.4, -0.2) is 78.5 Å². The highest BCUT2D eigenvalue weighted by Gasteiger charge is 2.48. The number of anilines is 4. The van der Waals surface area contributed by atoms with E-state index >= 15 is 0 Å². The summed E-state index contributed by atoms with van der Waals surface area (Å²) in [6, 6.07) is 6.03. The molecule has 0 radical (unpaired) electrons. The van der Waals surface area contributed by atoms with Gasteiger partial charge in [-0.25, -0.2) is 0 Å². The Bertz CT molecular complexity index is 2060. The molecule has 6 amide bonds. The van der Waals surface area contributed by atoms with Gasteiger partial charge in [-0.2, -0.15) is 0 Å². The number of hydrogen-bond donors (Lipinski definition) is 10. The number of aromatic nitrogens is 4. The summed E-state index contributed by atoms with van der Waals surface area (Å²) in [4.78, 5) is 77.2. The van der Waals surface area contributed by atoms with Gasteiger partial charge in [0.05, 0.1) is 46.3 Å². The molecule has 1 fully saturated rings. The summed E-state index contributed by atoms with van der Waals surface area (Å²) in [6.45, 7) is 0.404. The Hall–Kier alpha value is -6.54. The van der Waals surface area contributed by atoms with E-state index in [1.165, 1.54) is 33.4 Å². The van der Waals surface area contributed by atoms with Gasteiger partial charge in [0.25, 0.3) is 23.6 Å². The topological polar surface area (TPSA) is 294 Å². The molecular formula is C35H46Cl2N14O6. The van der Waals surface area contributed by atoms with Gasteiger partial charge in [0.1, 0.15) is 22.8 Å². The first-order valence-corrected chi connectivity index (χ1v) is 17.1. The second-order valence-corrected chi connectivity index (χ2v) is 13.3.